The predicted octanol–water partition coefficient (Wildman–Crippen LogP) is 3.37. The summed E-state index contributed by atoms with van der Waals surface area (Å²) in [5, 5.41) is 5.70. The van der Waals surface area contributed by atoms with Gasteiger partial charge in [0.2, 0.25) is 0 Å². The highest BCUT2D eigenvalue weighted by molar-refractivity contribution is 7.98. The van der Waals surface area contributed by atoms with Gasteiger partial charge in [-0.25, -0.2) is 0 Å². The summed E-state index contributed by atoms with van der Waals surface area (Å²) in [4.78, 5) is 1.47. The van der Waals surface area contributed by atoms with Crippen LogP contribution in [0.4, 0.5) is 0 Å². The molecule has 0 aromatic carbocycles. The monoisotopic (exact) mass is 243 g/mol. The van der Waals surface area contributed by atoms with Gasteiger partial charge in [-0.2, -0.15) is 11.8 Å². The summed E-state index contributed by atoms with van der Waals surface area (Å²) in [6.07, 6.45) is 3.43. The summed E-state index contributed by atoms with van der Waals surface area (Å²) in [5.41, 5.74) is 0.271. The number of rotatable bonds is 7. The van der Waals surface area contributed by atoms with Crippen molar-refractivity contribution < 1.29 is 0 Å². The molecular weight excluding hydrogens is 222 g/mol. The van der Waals surface area contributed by atoms with Crippen LogP contribution < -0.4 is 5.32 Å². The number of nitrogens with one attached hydrogen (secondary N) is 1. The van der Waals surface area contributed by atoms with Crippen molar-refractivity contribution in [3.05, 3.63) is 22.4 Å². The smallest absolute Gasteiger partial charge is 0.0115 e. The van der Waals surface area contributed by atoms with Crippen molar-refractivity contribution in [1.29, 1.82) is 0 Å². The zero-order valence-corrected chi connectivity index (χ0v) is 11.5. The molecule has 1 aromatic rings. The zero-order valence-electron chi connectivity index (χ0n) is 9.88. The number of thiophene rings is 1. The van der Waals surface area contributed by atoms with E-state index >= 15 is 0 Å². The molecule has 0 atom stereocenters. The fourth-order valence-corrected chi connectivity index (χ4v) is 2.78. The van der Waals surface area contributed by atoms with E-state index in [2.05, 4.69) is 42.9 Å². The van der Waals surface area contributed by atoms with Crippen LogP contribution in [-0.2, 0) is 5.41 Å². The quantitative estimate of drug-likeness (QED) is 0.737. The highest BCUT2D eigenvalue weighted by Crippen LogP contribution is 2.26. The Bertz CT molecular complexity index is 255. The van der Waals surface area contributed by atoms with Gasteiger partial charge in [0, 0.05) is 16.8 Å². The van der Waals surface area contributed by atoms with E-state index in [1.165, 1.54) is 17.1 Å². The molecule has 3 heteroatoms. The first kappa shape index (κ1) is 13.1. The standard InChI is InChI=1S/C12H21NS2/c1-12(2,11-6-4-9-15-11)10-13-7-5-8-14-3/h4,6,9,13H,5,7-8,10H2,1-3H3. The third-order valence-corrected chi connectivity index (χ3v) is 4.39. The van der Waals surface area contributed by atoms with Crippen molar-refractivity contribution in [3.8, 4) is 0 Å². The molecule has 0 amide bonds. The minimum atomic E-state index is 0.271. The third-order valence-electron chi connectivity index (χ3n) is 2.46. The molecular formula is C12H21NS2. The summed E-state index contributed by atoms with van der Waals surface area (Å²) >= 11 is 3.77. The highest BCUT2D eigenvalue weighted by Gasteiger charge is 2.20. The summed E-state index contributed by atoms with van der Waals surface area (Å²) in [6, 6.07) is 4.36. The van der Waals surface area contributed by atoms with Crippen LogP contribution in [0.5, 0.6) is 0 Å². The molecule has 0 fully saturated rings. The maximum absolute atomic E-state index is 3.54. The first-order valence-electron chi connectivity index (χ1n) is 5.40. The van der Waals surface area contributed by atoms with Gasteiger partial charge in [-0.15, -0.1) is 11.3 Å². The zero-order chi connectivity index (χ0) is 11.1. The molecule has 0 aliphatic heterocycles. The summed E-state index contributed by atoms with van der Waals surface area (Å²) in [5.74, 6) is 1.26. The second-order valence-electron chi connectivity index (χ2n) is 4.38. The molecule has 0 unspecified atom stereocenters. The fraction of sp³-hybridized carbons (Fsp3) is 0.667. The van der Waals surface area contributed by atoms with Gasteiger partial charge >= 0.3 is 0 Å². The van der Waals surface area contributed by atoms with E-state index in [-0.39, 0.29) is 5.41 Å². The van der Waals surface area contributed by atoms with Gasteiger partial charge in [0.1, 0.15) is 0 Å². The van der Waals surface area contributed by atoms with Gasteiger partial charge in [-0.05, 0) is 36.4 Å². The topological polar surface area (TPSA) is 12.0 Å². The van der Waals surface area contributed by atoms with E-state index in [0.29, 0.717) is 0 Å². The Morgan fingerprint density at radius 2 is 2.27 bits per heavy atom. The molecule has 0 saturated carbocycles. The van der Waals surface area contributed by atoms with Crippen LogP contribution in [0, 0.1) is 0 Å². The number of thioether (sulfide) groups is 1. The molecule has 0 radical (unpaired) electrons. The maximum Gasteiger partial charge on any atom is 0.0115 e. The minimum Gasteiger partial charge on any atom is -0.316 e. The first-order valence-corrected chi connectivity index (χ1v) is 7.68. The summed E-state index contributed by atoms with van der Waals surface area (Å²) in [7, 11) is 0. The normalized spacial score (nSPS) is 11.9. The van der Waals surface area contributed by atoms with Crippen molar-refractivity contribution in [2.45, 2.75) is 25.7 Å². The van der Waals surface area contributed by atoms with Crippen molar-refractivity contribution in [2.75, 3.05) is 25.1 Å². The van der Waals surface area contributed by atoms with Crippen LogP contribution in [0.2, 0.25) is 0 Å². The van der Waals surface area contributed by atoms with Crippen LogP contribution >= 0.6 is 23.1 Å². The van der Waals surface area contributed by atoms with Gasteiger partial charge < -0.3 is 5.32 Å². The lowest BCUT2D eigenvalue weighted by Gasteiger charge is -2.23. The Kier molecular flexibility index (Phi) is 5.72. The van der Waals surface area contributed by atoms with E-state index in [4.69, 9.17) is 0 Å². The first-order chi connectivity index (χ1) is 7.17. The second-order valence-corrected chi connectivity index (χ2v) is 6.32. The van der Waals surface area contributed by atoms with Crippen LogP contribution in [0.15, 0.2) is 17.5 Å². The molecule has 1 aromatic heterocycles. The van der Waals surface area contributed by atoms with Crippen molar-refractivity contribution in [3.63, 3.8) is 0 Å². The van der Waals surface area contributed by atoms with Crippen LogP contribution in [0.1, 0.15) is 25.1 Å². The van der Waals surface area contributed by atoms with Gasteiger partial charge in [-0.3, -0.25) is 0 Å². The van der Waals surface area contributed by atoms with E-state index in [1.807, 2.05) is 23.1 Å². The Morgan fingerprint density at radius 3 is 2.87 bits per heavy atom. The predicted molar refractivity (Wildman–Crippen MR) is 73.2 cm³/mol. The molecule has 0 aliphatic carbocycles. The van der Waals surface area contributed by atoms with Gasteiger partial charge in [-0.1, -0.05) is 19.9 Å². The molecule has 0 spiro atoms. The molecule has 0 saturated heterocycles. The van der Waals surface area contributed by atoms with Gasteiger partial charge in [0.15, 0.2) is 0 Å². The summed E-state index contributed by atoms with van der Waals surface area (Å²) < 4.78 is 0. The number of hydrogen-bond acceptors (Lipinski definition) is 3. The van der Waals surface area contributed by atoms with Gasteiger partial charge in [0.25, 0.3) is 0 Å². The van der Waals surface area contributed by atoms with E-state index in [9.17, 15) is 0 Å². The average Bonchev–Trinajstić information content (AvgIpc) is 2.70. The van der Waals surface area contributed by atoms with Crippen LogP contribution in [0.25, 0.3) is 0 Å². The maximum atomic E-state index is 3.54. The van der Waals surface area contributed by atoms with E-state index in [0.717, 1.165) is 13.1 Å². The third kappa shape index (κ3) is 4.58. The molecule has 1 rings (SSSR count). The van der Waals surface area contributed by atoms with Crippen LogP contribution in [0.3, 0.4) is 0 Å². The van der Waals surface area contributed by atoms with E-state index < -0.39 is 0 Å². The Morgan fingerprint density at radius 1 is 1.47 bits per heavy atom. The van der Waals surface area contributed by atoms with E-state index in [1.54, 1.807) is 0 Å². The van der Waals surface area contributed by atoms with Crippen molar-refractivity contribution in [1.82, 2.24) is 5.32 Å². The highest BCUT2D eigenvalue weighted by atomic mass is 32.2. The second kappa shape index (κ2) is 6.56. The van der Waals surface area contributed by atoms with Crippen molar-refractivity contribution in [2.24, 2.45) is 0 Å². The molecule has 1 heterocycles. The molecule has 15 heavy (non-hydrogen) atoms. The molecule has 86 valence electrons. The number of hydrogen-bond donors (Lipinski definition) is 1. The molecule has 1 N–H and O–H groups in total. The summed E-state index contributed by atoms with van der Waals surface area (Å²) in [6.45, 7) is 6.82. The average molecular weight is 243 g/mol. The molecule has 0 bridgehead atoms. The SMILES string of the molecule is CSCCCNCC(C)(C)c1cccs1. The largest absolute Gasteiger partial charge is 0.316 e. The van der Waals surface area contributed by atoms with Crippen LogP contribution in [-0.4, -0.2) is 25.1 Å². The minimum absolute atomic E-state index is 0.271. The molecule has 1 nitrogen and oxygen atoms in total. The Balaban J connectivity index is 2.25. The van der Waals surface area contributed by atoms with Crippen molar-refractivity contribution >= 4 is 23.1 Å². The Hall–Kier alpha value is 0.01000. The lowest BCUT2D eigenvalue weighted by Crippen LogP contribution is -2.32. The Labute approximate surface area is 102 Å². The lowest BCUT2D eigenvalue weighted by molar-refractivity contribution is 0.478. The van der Waals surface area contributed by atoms with Gasteiger partial charge in [0.05, 0.1) is 0 Å². The lowest BCUT2D eigenvalue weighted by atomic mass is 9.91. The molecule has 0 aliphatic rings. The fourth-order valence-electron chi connectivity index (χ4n) is 1.49.